The minimum absolute atomic E-state index is 0.0223. The highest BCUT2D eigenvalue weighted by atomic mass is 19.1. The van der Waals surface area contributed by atoms with Crippen LogP contribution in [0.15, 0.2) is 47.3 Å². The van der Waals surface area contributed by atoms with E-state index in [1.165, 1.54) is 16.7 Å². The normalized spacial score (nSPS) is 22.4. The van der Waals surface area contributed by atoms with Crippen molar-refractivity contribution in [3.8, 4) is 22.9 Å². The maximum Gasteiger partial charge on any atom is 0.408 e. The topological polar surface area (TPSA) is 204 Å². The molecule has 16 nitrogen and oxygen atoms in total. The second-order valence-corrected chi connectivity index (χ2v) is 20.2. The SMILES string of the molecule is CC[C@@]1(O)C(=O)OCc2c1cc1n(c2=O)Cc2c-1nc1cc(F)c(C)c3c1c2[C@@H](NC(=O)O[C@@H](C)C(=O)N1C[C@H]2CC[C@@H](C1)N2Cc1ccc2c(c1)CN(C(=O)c1cc(C(C)C)c(O)cc1O)C2)CC3. The number of phenols is 2. The van der Waals surface area contributed by atoms with Gasteiger partial charge in [-0.05, 0) is 103 Å². The number of halogens is 1. The van der Waals surface area contributed by atoms with Gasteiger partial charge < -0.3 is 44.5 Å². The third-order valence-electron chi connectivity index (χ3n) is 15.9. The zero-order chi connectivity index (χ0) is 49.2. The summed E-state index contributed by atoms with van der Waals surface area (Å²) in [6.45, 7) is 11.0. The van der Waals surface area contributed by atoms with E-state index in [1.807, 2.05) is 13.8 Å². The van der Waals surface area contributed by atoms with E-state index < -0.39 is 41.2 Å². The number of carbonyl (C=O) groups is 4. The van der Waals surface area contributed by atoms with Crippen LogP contribution < -0.4 is 10.9 Å². The molecule has 5 atom stereocenters. The number of amides is 3. The van der Waals surface area contributed by atoms with Crippen LogP contribution in [-0.2, 0) is 63.9 Å². The fourth-order valence-corrected chi connectivity index (χ4v) is 12.1. The standard InChI is InChI=1S/C53H55FN6O10/c1-6-53(68)38-15-42-47-36(23-60(42)50(65)37(38)24-69-51(53)66)46-40(12-11-33-26(4)39(54)16-41(55-47)45(33)46)56-52(67)70-27(5)48(63)58-21-31-9-10-32(22-58)59(31)18-28-7-8-29-19-57(20-30(29)13-28)49(64)35-14-34(25(2)3)43(61)17-44(35)62/h7-8,13-17,25,27,31-32,40,61-62,68H,6,9-12,18-24H2,1-5H3,(H,56,67)/t27-,31-,32+,40-,53-/m0/s1. The van der Waals surface area contributed by atoms with Crippen molar-refractivity contribution >= 4 is 34.8 Å². The van der Waals surface area contributed by atoms with E-state index in [0.717, 1.165) is 35.1 Å². The number of fused-ring (bicyclic) bond motifs is 8. The van der Waals surface area contributed by atoms with Crippen LogP contribution in [0.25, 0.3) is 22.3 Å². The Labute approximate surface area is 402 Å². The molecule has 17 heteroatoms. The summed E-state index contributed by atoms with van der Waals surface area (Å²) in [6.07, 6.45) is 0.721. The summed E-state index contributed by atoms with van der Waals surface area (Å²) >= 11 is 0. The number of aliphatic hydroxyl groups is 1. The number of aromatic nitrogens is 2. The van der Waals surface area contributed by atoms with Gasteiger partial charge in [0.1, 0.15) is 23.9 Å². The summed E-state index contributed by atoms with van der Waals surface area (Å²) < 4.78 is 28.1. The van der Waals surface area contributed by atoms with Crippen LogP contribution in [0.2, 0.25) is 0 Å². The van der Waals surface area contributed by atoms with Gasteiger partial charge in [-0.15, -0.1) is 0 Å². The zero-order valence-corrected chi connectivity index (χ0v) is 39.7. The molecule has 0 radical (unpaired) electrons. The highest BCUT2D eigenvalue weighted by molar-refractivity contribution is 5.98. The lowest BCUT2D eigenvalue weighted by atomic mass is 9.81. The van der Waals surface area contributed by atoms with Crippen LogP contribution in [0, 0.1) is 12.7 Å². The Hall–Kier alpha value is -6.85. The maximum absolute atomic E-state index is 15.5. The molecule has 2 saturated heterocycles. The fraction of sp³-hybridized carbons (Fsp3) is 0.434. The van der Waals surface area contributed by atoms with E-state index in [1.54, 1.807) is 42.7 Å². The molecule has 1 aliphatic carbocycles. The number of benzene rings is 3. The first-order valence-corrected chi connectivity index (χ1v) is 24.2. The summed E-state index contributed by atoms with van der Waals surface area (Å²) in [4.78, 5) is 79.2. The van der Waals surface area contributed by atoms with E-state index in [0.29, 0.717) is 90.1 Å². The van der Waals surface area contributed by atoms with E-state index in [4.69, 9.17) is 14.5 Å². The Kier molecular flexibility index (Phi) is 10.8. The van der Waals surface area contributed by atoms with Crippen molar-refractivity contribution in [2.75, 3.05) is 13.1 Å². The lowest BCUT2D eigenvalue weighted by molar-refractivity contribution is -0.172. The number of pyridine rings is 2. The number of ether oxygens (including phenoxy) is 2. The van der Waals surface area contributed by atoms with Crippen LogP contribution >= 0.6 is 0 Å². The average Bonchev–Trinajstić information content (AvgIpc) is 3.99. The largest absolute Gasteiger partial charge is 0.508 e. The van der Waals surface area contributed by atoms with Gasteiger partial charge in [0.2, 0.25) is 0 Å². The molecule has 70 heavy (non-hydrogen) atoms. The van der Waals surface area contributed by atoms with Crippen LogP contribution in [0.4, 0.5) is 9.18 Å². The second kappa shape index (κ2) is 16.6. The third-order valence-corrected chi connectivity index (χ3v) is 15.9. The van der Waals surface area contributed by atoms with Crippen molar-refractivity contribution in [2.24, 2.45) is 0 Å². The van der Waals surface area contributed by atoms with Crippen molar-refractivity contribution in [3.63, 3.8) is 0 Å². The average molecular weight is 955 g/mol. The zero-order valence-electron chi connectivity index (χ0n) is 39.7. The van der Waals surface area contributed by atoms with Gasteiger partial charge in [-0.1, -0.05) is 39.0 Å². The van der Waals surface area contributed by atoms with Crippen LogP contribution in [-0.4, -0.2) is 94.7 Å². The lowest BCUT2D eigenvalue weighted by Gasteiger charge is -2.41. The molecule has 0 spiro atoms. The number of nitrogens with one attached hydrogen (secondary N) is 1. The molecule has 364 valence electrons. The summed E-state index contributed by atoms with van der Waals surface area (Å²) in [6, 6.07) is 11.6. The molecule has 11 rings (SSSR count). The molecule has 2 fully saturated rings. The number of aromatic hydroxyl groups is 2. The van der Waals surface area contributed by atoms with Crippen molar-refractivity contribution < 1.29 is 48.4 Å². The molecular formula is C53H55FN6O10. The molecule has 3 aromatic carbocycles. The number of cyclic esters (lactones) is 1. The molecule has 4 N–H and O–H groups in total. The fourth-order valence-electron chi connectivity index (χ4n) is 12.1. The number of rotatable bonds is 8. The molecule has 3 amide bonds. The van der Waals surface area contributed by atoms with Gasteiger partial charge >= 0.3 is 12.1 Å². The van der Waals surface area contributed by atoms with Crippen LogP contribution in [0.5, 0.6) is 11.5 Å². The number of hydrogen-bond acceptors (Lipinski definition) is 12. The number of alkyl carbamates (subject to hydrolysis) is 1. The molecule has 7 heterocycles. The van der Waals surface area contributed by atoms with Crippen LogP contribution in [0.3, 0.4) is 0 Å². The van der Waals surface area contributed by atoms with Crippen molar-refractivity contribution in [1.82, 2.24) is 29.6 Å². The lowest BCUT2D eigenvalue weighted by Crippen LogP contribution is -2.56. The van der Waals surface area contributed by atoms with Gasteiger partial charge in [-0.3, -0.25) is 19.3 Å². The maximum atomic E-state index is 15.5. The van der Waals surface area contributed by atoms with Gasteiger partial charge in [0.05, 0.1) is 40.6 Å². The van der Waals surface area contributed by atoms with Gasteiger partial charge in [0.25, 0.3) is 17.4 Å². The molecular weight excluding hydrogens is 900 g/mol. The van der Waals surface area contributed by atoms with Crippen molar-refractivity contribution in [3.05, 3.63) is 120 Å². The Morgan fingerprint density at radius 3 is 2.40 bits per heavy atom. The van der Waals surface area contributed by atoms with Gasteiger partial charge in [0.15, 0.2) is 11.7 Å². The minimum Gasteiger partial charge on any atom is -0.508 e. The molecule has 2 aromatic heterocycles. The molecule has 5 aromatic rings. The minimum atomic E-state index is -2.03. The monoisotopic (exact) mass is 954 g/mol. The number of carbonyl (C=O) groups excluding carboxylic acids is 4. The molecule has 0 unspecified atom stereocenters. The summed E-state index contributed by atoms with van der Waals surface area (Å²) in [5.74, 6) is -2.19. The van der Waals surface area contributed by atoms with E-state index in [-0.39, 0.29) is 77.6 Å². The van der Waals surface area contributed by atoms with Crippen molar-refractivity contribution in [1.29, 1.82) is 0 Å². The quantitative estimate of drug-likeness (QED) is 0.126. The number of nitrogens with zero attached hydrogens (tertiary/aromatic N) is 5. The van der Waals surface area contributed by atoms with Crippen molar-refractivity contribution in [2.45, 2.75) is 135 Å². The van der Waals surface area contributed by atoms with E-state index in [9.17, 15) is 39.3 Å². The Balaban J connectivity index is 0.768. The van der Waals surface area contributed by atoms with Gasteiger partial charge in [0, 0.05) is 73.5 Å². The first-order chi connectivity index (χ1) is 33.4. The molecule has 0 saturated carbocycles. The third kappa shape index (κ3) is 7.13. The summed E-state index contributed by atoms with van der Waals surface area (Å²) in [7, 11) is 0. The Morgan fingerprint density at radius 1 is 0.929 bits per heavy atom. The molecule has 5 aliphatic heterocycles. The number of phenolic OH excluding ortho intramolecular Hbond substituents is 2. The van der Waals surface area contributed by atoms with E-state index in [2.05, 4.69) is 28.4 Å². The summed E-state index contributed by atoms with van der Waals surface area (Å²) in [5.41, 5.74) is 5.45. The summed E-state index contributed by atoms with van der Waals surface area (Å²) in [5, 5.41) is 36.0. The number of hydrogen-bond donors (Lipinski definition) is 4. The van der Waals surface area contributed by atoms with Crippen LogP contribution in [0.1, 0.15) is 131 Å². The van der Waals surface area contributed by atoms with Gasteiger partial charge in [-0.25, -0.2) is 19.0 Å². The highest BCUT2D eigenvalue weighted by Gasteiger charge is 2.47. The molecule has 6 aliphatic rings. The first kappa shape index (κ1) is 45.6. The second-order valence-electron chi connectivity index (χ2n) is 20.2. The smallest absolute Gasteiger partial charge is 0.408 e. The number of aryl methyl sites for hydroxylation is 1. The number of esters is 1. The molecule has 2 bridgehead atoms. The van der Waals surface area contributed by atoms with E-state index >= 15 is 4.39 Å². The Morgan fingerprint density at radius 2 is 1.67 bits per heavy atom. The predicted octanol–water partition coefficient (Wildman–Crippen LogP) is 6.20. The number of likely N-dealkylation sites (tertiary alicyclic amines) is 1. The Bertz CT molecular complexity index is 3170. The highest BCUT2D eigenvalue weighted by Crippen LogP contribution is 2.46. The number of piperazine rings is 1. The predicted molar refractivity (Wildman–Crippen MR) is 252 cm³/mol. The first-order valence-electron chi connectivity index (χ1n) is 24.2. The van der Waals surface area contributed by atoms with Gasteiger partial charge in [-0.2, -0.15) is 0 Å².